The van der Waals surface area contributed by atoms with Crippen molar-refractivity contribution in [3.63, 3.8) is 0 Å². The first-order chi connectivity index (χ1) is 8.85. The Bertz CT molecular complexity index is 521. The molecule has 2 rings (SSSR count). The summed E-state index contributed by atoms with van der Waals surface area (Å²) >= 11 is 0. The molecule has 0 aromatic carbocycles. The molecular formula is C13H18N4O. The van der Waals surface area contributed by atoms with Crippen LogP contribution in [-0.4, -0.2) is 27.5 Å². The van der Waals surface area contributed by atoms with Crippen molar-refractivity contribution in [3.8, 4) is 5.88 Å². The van der Waals surface area contributed by atoms with Crippen LogP contribution in [0.15, 0.2) is 31.2 Å². The zero-order valence-electron chi connectivity index (χ0n) is 10.6. The molecule has 96 valence electrons. The van der Waals surface area contributed by atoms with E-state index in [1.807, 2.05) is 22.9 Å². The van der Waals surface area contributed by atoms with Crippen LogP contribution >= 0.6 is 0 Å². The van der Waals surface area contributed by atoms with E-state index in [0.717, 1.165) is 30.9 Å². The Morgan fingerprint density at radius 3 is 3.22 bits per heavy atom. The lowest BCUT2D eigenvalue weighted by molar-refractivity contribution is 0.315. The monoisotopic (exact) mass is 246 g/mol. The normalized spacial score (nSPS) is 10.5. The number of rotatable bonds is 7. The molecule has 0 saturated heterocycles. The van der Waals surface area contributed by atoms with E-state index < -0.39 is 0 Å². The number of anilines is 1. The minimum Gasteiger partial charge on any atom is -0.475 e. The largest absolute Gasteiger partial charge is 0.475 e. The molecule has 0 aliphatic heterocycles. The van der Waals surface area contributed by atoms with Crippen molar-refractivity contribution in [3.05, 3.63) is 31.2 Å². The quantitative estimate of drug-likeness (QED) is 0.602. The highest BCUT2D eigenvalue weighted by Crippen LogP contribution is 2.18. The number of fused-ring (bicyclic) bond motifs is 1. The molecule has 18 heavy (non-hydrogen) atoms. The molecule has 0 bridgehead atoms. The third-order valence-electron chi connectivity index (χ3n) is 2.46. The van der Waals surface area contributed by atoms with Crippen LogP contribution in [0.1, 0.15) is 19.8 Å². The predicted octanol–water partition coefficient (Wildman–Crippen LogP) is 2.51. The SMILES string of the molecule is C=CCCOc1nc(NCCC)cn2ccnc12. The molecule has 2 heterocycles. The Hall–Kier alpha value is -2.04. The van der Waals surface area contributed by atoms with Crippen molar-refractivity contribution in [1.82, 2.24) is 14.4 Å². The Kier molecular flexibility index (Phi) is 4.17. The van der Waals surface area contributed by atoms with E-state index in [2.05, 4.69) is 28.8 Å². The molecule has 2 aromatic heterocycles. The maximum atomic E-state index is 5.63. The van der Waals surface area contributed by atoms with Gasteiger partial charge in [-0.2, -0.15) is 4.98 Å². The summed E-state index contributed by atoms with van der Waals surface area (Å²) < 4.78 is 7.54. The highest BCUT2D eigenvalue weighted by Gasteiger charge is 2.08. The van der Waals surface area contributed by atoms with E-state index in [-0.39, 0.29) is 0 Å². The second-order valence-corrected chi connectivity index (χ2v) is 3.94. The maximum absolute atomic E-state index is 5.63. The summed E-state index contributed by atoms with van der Waals surface area (Å²) in [4.78, 5) is 8.67. The molecule has 5 heteroatoms. The van der Waals surface area contributed by atoms with Crippen LogP contribution in [0, 0.1) is 0 Å². The molecule has 5 nitrogen and oxygen atoms in total. The Morgan fingerprint density at radius 2 is 2.44 bits per heavy atom. The fraction of sp³-hybridized carbons (Fsp3) is 0.385. The number of nitrogens with one attached hydrogen (secondary N) is 1. The molecule has 0 fully saturated rings. The number of nitrogens with zero attached hydrogens (tertiary/aromatic N) is 3. The molecule has 0 atom stereocenters. The van der Waals surface area contributed by atoms with Crippen LogP contribution < -0.4 is 10.1 Å². The molecule has 0 saturated carbocycles. The highest BCUT2D eigenvalue weighted by molar-refractivity contribution is 5.53. The first-order valence-electron chi connectivity index (χ1n) is 6.16. The van der Waals surface area contributed by atoms with Gasteiger partial charge in [-0.1, -0.05) is 13.0 Å². The first kappa shape index (κ1) is 12.4. The fourth-order valence-corrected chi connectivity index (χ4v) is 1.58. The van der Waals surface area contributed by atoms with Gasteiger partial charge in [0, 0.05) is 18.9 Å². The molecule has 0 aliphatic carbocycles. The van der Waals surface area contributed by atoms with E-state index in [1.165, 1.54) is 0 Å². The number of imidazole rings is 1. The van der Waals surface area contributed by atoms with Crippen molar-refractivity contribution in [1.29, 1.82) is 0 Å². The van der Waals surface area contributed by atoms with Gasteiger partial charge in [-0.15, -0.1) is 6.58 Å². The number of hydrogen-bond donors (Lipinski definition) is 1. The van der Waals surface area contributed by atoms with Crippen molar-refractivity contribution < 1.29 is 4.74 Å². The lowest BCUT2D eigenvalue weighted by Gasteiger charge is -2.09. The number of ether oxygens (including phenoxy) is 1. The summed E-state index contributed by atoms with van der Waals surface area (Å²) in [5.74, 6) is 1.36. The molecule has 0 amide bonds. The summed E-state index contributed by atoms with van der Waals surface area (Å²) in [6.07, 6.45) is 9.20. The van der Waals surface area contributed by atoms with Gasteiger partial charge >= 0.3 is 0 Å². The van der Waals surface area contributed by atoms with Gasteiger partial charge in [-0.05, 0) is 12.8 Å². The molecule has 0 spiro atoms. The van der Waals surface area contributed by atoms with Crippen molar-refractivity contribution in [2.75, 3.05) is 18.5 Å². The van der Waals surface area contributed by atoms with Gasteiger partial charge in [0.1, 0.15) is 5.82 Å². The predicted molar refractivity (Wildman–Crippen MR) is 72.1 cm³/mol. The average molecular weight is 246 g/mol. The second-order valence-electron chi connectivity index (χ2n) is 3.94. The van der Waals surface area contributed by atoms with Gasteiger partial charge in [0.05, 0.1) is 12.8 Å². The lowest BCUT2D eigenvalue weighted by Crippen LogP contribution is -2.06. The van der Waals surface area contributed by atoms with Crippen LogP contribution in [0.3, 0.4) is 0 Å². The van der Waals surface area contributed by atoms with Crippen LogP contribution in [0.25, 0.3) is 5.65 Å². The third-order valence-corrected chi connectivity index (χ3v) is 2.46. The van der Waals surface area contributed by atoms with Crippen molar-refractivity contribution in [2.24, 2.45) is 0 Å². The number of hydrogen-bond acceptors (Lipinski definition) is 4. The van der Waals surface area contributed by atoms with Crippen LogP contribution in [0.4, 0.5) is 5.82 Å². The van der Waals surface area contributed by atoms with Gasteiger partial charge in [-0.25, -0.2) is 4.98 Å². The molecule has 2 aromatic rings. The summed E-state index contributed by atoms with van der Waals surface area (Å²) in [5, 5.41) is 3.25. The van der Waals surface area contributed by atoms with Gasteiger partial charge in [-0.3, -0.25) is 4.40 Å². The lowest BCUT2D eigenvalue weighted by atomic mass is 10.4. The minimum atomic E-state index is 0.558. The summed E-state index contributed by atoms with van der Waals surface area (Å²) in [6.45, 7) is 7.24. The van der Waals surface area contributed by atoms with E-state index >= 15 is 0 Å². The Labute approximate surface area is 107 Å². The van der Waals surface area contributed by atoms with Gasteiger partial charge in [0.25, 0.3) is 5.88 Å². The molecule has 0 unspecified atom stereocenters. The maximum Gasteiger partial charge on any atom is 0.260 e. The average Bonchev–Trinajstić information content (AvgIpc) is 2.85. The van der Waals surface area contributed by atoms with Crippen molar-refractivity contribution >= 4 is 11.5 Å². The first-order valence-corrected chi connectivity index (χ1v) is 6.16. The van der Waals surface area contributed by atoms with E-state index in [1.54, 1.807) is 6.20 Å². The zero-order valence-corrected chi connectivity index (χ0v) is 10.6. The highest BCUT2D eigenvalue weighted by atomic mass is 16.5. The summed E-state index contributed by atoms with van der Waals surface area (Å²) in [6, 6.07) is 0. The summed E-state index contributed by atoms with van der Waals surface area (Å²) in [5.41, 5.74) is 0.737. The smallest absolute Gasteiger partial charge is 0.260 e. The van der Waals surface area contributed by atoms with E-state index in [9.17, 15) is 0 Å². The molecule has 0 radical (unpaired) electrons. The minimum absolute atomic E-state index is 0.558. The van der Waals surface area contributed by atoms with Gasteiger partial charge in [0.2, 0.25) is 5.65 Å². The van der Waals surface area contributed by atoms with E-state index in [0.29, 0.717) is 12.5 Å². The van der Waals surface area contributed by atoms with Gasteiger partial charge < -0.3 is 10.1 Å². The van der Waals surface area contributed by atoms with Crippen LogP contribution in [0.5, 0.6) is 5.88 Å². The topological polar surface area (TPSA) is 51.5 Å². The fourth-order valence-electron chi connectivity index (χ4n) is 1.58. The zero-order chi connectivity index (χ0) is 12.8. The molecule has 1 N–H and O–H groups in total. The summed E-state index contributed by atoms with van der Waals surface area (Å²) in [7, 11) is 0. The van der Waals surface area contributed by atoms with E-state index in [4.69, 9.17) is 4.74 Å². The molecule has 0 aliphatic rings. The Morgan fingerprint density at radius 1 is 1.56 bits per heavy atom. The van der Waals surface area contributed by atoms with Crippen LogP contribution in [-0.2, 0) is 0 Å². The van der Waals surface area contributed by atoms with Crippen molar-refractivity contribution in [2.45, 2.75) is 19.8 Å². The third kappa shape index (κ3) is 2.80. The Balaban J connectivity index is 2.23. The standard InChI is InChI=1S/C13H18N4O/c1-3-5-9-18-13-12-15-7-8-17(12)10-11(16-13)14-6-4-2/h3,7-8,10,14H,1,4-6,9H2,2H3. The number of aromatic nitrogens is 3. The molecular weight excluding hydrogens is 228 g/mol. The van der Waals surface area contributed by atoms with Crippen LogP contribution in [0.2, 0.25) is 0 Å². The van der Waals surface area contributed by atoms with Gasteiger partial charge in [0.15, 0.2) is 0 Å². The second kappa shape index (κ2) is 6.05.